The molecule has 0 fully saturated rings. The van der Waals surface area contributed by atoms with Crippen molar-refractivity contribution >= 4 is 23.8 Å². The van der Waals surface area contributed by atoms with Gasteiger partial charge in [-0.1, -0.05) is 12.1 Å². The summed E-state index contributed by atoms with van der Waals surface area (Å²) in [6.07, 6.45) is 1.89. The standard InChI is InChI=1S/C14H18O5S/c15-9-12(16)10-20-7-6-19-13-3-1-2-11(8-13)4-5-14(17)18/h1-5,8,12,15-16H,6-7,9-10H2,(H,17,18). The molecule has 0 saturated carbocycles. The van der Waals surface area contributed by atoms with Gasteiger partial charge in [0.05, 0.1) is 19.3 Å². The number of carboxylic acids is 1. The van der Waals surface area contributed by atoms with E-state index < -0.39 is 12.1 Å². The van der Waals surface area contributed by atoms with Gasteiger partial charge in [-0.3, -0.25) is 0 Å². The molecule has 20 heavy (non-hydrogen) atoms. The maximum absolute atomic E-state index is 10.4. The molecule has 0 aliphatic rings. The normalized spacial score (nSPS) is 12.5. The number of hydrogen-bond acceptors (Lipinski definition) is 5. The van der Waals surface area contributed by atoms with Crippen molar-refractivity contribution in [3.63, 3.8) is 0 Å². The molecule has 0 bridgehead atoms. The Bertz CT molecular complexity index is 447. The molecule has 1 atom stereocenters. The van der Waals surface area contributed by atoms with Crippen molar-refractivity contribution in [1.29, 1.82) is 0 Å². The van der Waals surface area contributed by atoms with Crippen LogP contribution in [0.4, 0.5) is 0 Å². The Labute approximate surface area is 121 Å². The van der Waals surface area contributed by atoms with E-state index in [0.29, 0.717) is 23.9 Å². The Kier molecular flexibility index (Phi) is 7.79. The molecule has 0 aliphatic carbocycles. The number of benzene rings is 1. The second kappa shape index (κ2) is 9.41. The van der Waals surface area contributed by atoms with Gasteiger partial charge < -0.3 is 20.1 Å². The molecule has 0 saturated heterocycles. The number of carbonyl (C=O) groups is 1. The van der Waals surface area contributed by atoms with Crippen molar-refractivity contribution in [1.82, 2.24) is 0 Å². The fourth-order valence-electron chi connectivity index (χ4n) is 1.37. The minimum Gasteiger partial charge on any atom is -0.493 e. The lowest BCUT2D eigenvalue weighted by atomic mass is 10.2. The van der Waals surface area contributed by atoms with Crippen LogP contribution in [0.1, 0.15) is 5.56 Å². The van der Waals surface area contributed by atoms with Gasteiger partial charge >= 0.3 is 5.97 Å². The largest absolute Gasteiger partial charge is 0.493 e. The van der Waals surface area contributed by atoms with E-state index >= 15 is 0 Å². The summed E-state index contributed by atoms with van der Waals surface area (Å²) < 4.78 is 5.52. The van der Waals surface area contributed by atoms with Crippen molar-refractivity contribution in [2.45, 2.75) is 6.10 Å². The van der Waals surface area contributed by atoms with E-state index in [1.165, 1.54) is 17.8 Å². The minimum absolute atomic E-state index is 0.230. The SMILES string of the molecule is O=C(O)C=Cc1cccc(OCCSCC(O)CO)c1. The molecule has 110 valence electrons. The van der Waals surface area contributed by atoms with Gasteiger partial charge in [0.25, 0.3) is 0 Å². The quantitative estimate of drug-likeness (QED) is 0.470. The van der Waals surface area contributed by atoms with Crippen LogP contribution in [0.5, 0.6) is 5.75 Å². The summed E-state index contributed by atoms with van der Waals surface area (Å²) in [6.45, 7) is 0.251. The van der Waals surface area contributed by atoms with Crippen LogP contribution in [0.15, 0.2) is 30.3 Å². The summed E-state index contributed by atoms with van der Waals surface area (Å²) in [5, 5.41) is 26.3. The first kappa shape index (κ1) is 16.6. The summed E-state index contributed by atoms with van der Waals surface area (Å²) >= 11 is 1.50. The molecule has 6 heteroatoms. The van der Waals surface area contributed by atoms with E-state index in [2.05, 4.69) is 0 Å². The average molecular weight is 298 g/mol. The zero-order valence-corrected chi connectivity index (χ0v) is 11.8. The Morgan fingerprint density at radius 2 is 2.25 bits per heavy atom. The highest BCUT2D eigenvalue weighted by molar-refractivity contribution is 7.99. The zero-order chi connectivity index (χ0) is 14.8. The molecule has 1 aromatic carbocycles. The first-order chi connectivity index (χ1) is 9.61. The van der Waals surface area contributed by atoms with Crippen LogP contribution in [0.3, 0.4) is 0 Å². The lowest BCUT2D eigenvalue weighted by Gasteiger charge is -2.08. The number of aliphatic hydroxyl groups excluding tert-OH is 2. The lowest BCUT2D eigenvalue weighted by molar-refractivity contribution is -0.131. The molecule has 1 rings (SSSR count). The smallest absolute Gasteiger partial charge is 0.328 e. The number of aliphatic hydroxyl groups is 2. The molecule has 5 nitrogen and oxygen atoms in total. The predicted octanol–water partition coefficient (Wildman–Crippen LogP) is 1.25. The second-order valence-electron chi connectivity index (χ2n) is 4.00. The van der Waals surface area contributed by atoms with E-state index in [1.807, 2.05) is 0 Å². The number of thioether (sulfide) groups is 1. The van der Waals surface area contributed by atoms with E-state index in [1.54, 1.807) is 24.3 Å². The fourth-order valence-corrected chi connectivity index (χ4v) is 2.11. The van der Waals surface area contributed by atoms with Crippen molar-refractivity contribution in [3.05, 3.63) is 35.9 Å². The van der Waals surface area contributed by atoms with Gasteiger partial charge in [0.1, 0.15) is 5.75 Å². The monoisotopic (exact) mass is 298 g/mol. The van der Waals surface area contributed by atoms with E-state index in [-0.39, 0.29) is 6.61 Å². The van der Waals surface area contributed by atoms with Crippen LogP contribution in [-0.2, 0) is 4.79 Å². The van der Waals surface area contributed by atoms with Gasteiger partial charge in [-0.2, -0.15) is 11.8 Å². The third kappa shape index (κ3) is 7.18. The van der Waals surface area contributed by atoms with Gasteiger partial charge in [-0.25, -0.2) is 4.79 Å². The fraction of sp³-hybridized carbons (Fsp3) is 0.357. The number of aliphatic carboxylic acids is 1. The Hall–Kier alpha value is -1.50. The summed E-state index contributed by atoms with van der Waals surface area (Å²) in [4.78, 5) is 10.4. The first-order valence-electron chi connectivity index (χ1n) is 6.12. The Balaban J connectivity index is 2.33. The third-order valence-electron chi connectivity index (χ3n) is 2.29. The first-order valence-corrected chi connectivity index (χ1v) is 7.28. The van der Waals surface area contributed by atoms with Gasteiger partial charge in [-0.05, 0) is 23.8 Å². The molecule has 1 unspecified atom stereocenters. The van der Waals surface area contributed by atoms with Crippen LogP contribution in [0, 0.1) is 0 Å². The van der Waals surface area contributed by atoms with Crippen LogP contribution in [0.25, 0.3) is 6.08 Å². The Morgan fingerprint density at radius 1 is 1.45 bits per heavy atom. The topological polar surface area (TPSA) is 87.0 Å². The Morgan fingerprint density at radius 3 is 2.95 bits per heavy atom. The van der Waals surface area contributed by atoms with Gasteiger partial charge in [0.2, 0.25) is 0 Å². The summed E-state index contributed by atoms with van der Waals surface area (Å²) in [5.74, 6) is 0.851. The van der Waals surface area contributed by atoms with E-state index in [0.717, 1.165) is 11.6 Å². The lowest BCUT2D eigenvalue weighted by Crippen LogP contribution is -2.15. The van der Waals surface area contributed by atoms with Gasteiger partial charge in [-0.15, -0.1) is 0 Å². The molecule has 0 aliphatic heterocycles. The van der Waals surface area contributed by atoms with Crippen LogP contribution >= 0.6 is 11.8 Å². The highest BCUT2D eigenvalue weighted by Gasteiger charge is 2.01. The molecule has 1 aromatic rings. The summed E-state index contributed by atoms with van der Waals surface area (Å²) in [7, 11) is 0. The summed E-state index contributed by atoms with van der Waals surface area (Å²) in [6, 6.07) is 7.14. The van der Waals surface area contributed by atoms with E-state index in [9.17, 15) is 4.79 Å². The summed E-state index contributed by atoms with van der Waals surface area (Å²) in [5.41, 5.74) is 0.758. The molecule has 0 aromatic heterocycles. The minimum atomic E-state index is -0.991. The average Bonchev–Trinajstić information content (AvgIpc) is 2.45. The number of carboxylic acid groups (broad SMARTS) is 1. The van der Waals surface area contributed by atoms with Crippen molar-refractivity contribution < 1.29 is 24.9 Å². The zero-order valence-electron chi connectivity index (χ0n) is 10.9. The molecule has 0 amide bonds. The number of hydrogen-bond donors (Lipinski definition) is 3. The van der Waals surface area contributed by atoms with E-state index in [4.69, 9.17) is 20.1 Å². The molecule has 0 heterocycles. The maximum Gasteiger partial charge on any atom is 0.328 e. The molecular formula is C14H18O5S. The van der Waals surface area contributed by atoms with Crippen molar-refractivity contribution in [3.8, 4) is 5.75 Å². The van der Waals surface area contributed by atoms with Gasteiger partial charge in [0, 0.05) is 17.6 Å². The van der Waals surface area contributed by atoms with Crippen molar-refractivity contribution in [2.24, 2.45) is 0 Å². The van der Waals surface area contributed by atoms with Crippen LogP contribution in [0.2, 0.25) is 0 Å². The molecular weight excluding hydrogens is 280 g/mol. The van der Waals surface area contributed by atoms with Crippen molar-refractivity contribution in [2.75, 3.05) is 24.7 Å². The highest BCUT2D eigenvalue weighted by Crippen LogP contribution is 2.15. The van der Waals surface area contributed by atoms with Crippen LogP contribution in [-0.4, -0.2) is 52.1 Å². The molecule has 3 N–H and O–H groups in total. The predicted molar refractivity (Wildman–Crippen MR) is 79.0 cm³/mol. The highest BCUT2D eigenvalue weighted by atomic mass is 32.2. The van der Waals surface area contributed by atoms with Crippen LogP contribution < -0.4 is 4.74 Å². The number of rotatable bonds is 9. The van der Waals surface area contributed by atoms with Gasteiger partial charge in [0.15, 0.2) is 0 Å². The second-order valence-corrected chi connectivity index (χ2v) is 5.15. The third-order valence-corrected chi connectivity index (χ3v) is 3.37. The molecule has 0 spiro atoms. The maximum atomic E-state index is 10.4. The number of ether oxygens (including phenoxy) is 1. The molecule has 0 radical (unpaired) electrons.